The van der Waals surface area contributed by atoms with Crippen molar-refractivity contribution in [3.8, 4) is 0 Å². The zero-order valence-electron chi connectivity index (χ0n) is 13.5. The Kier molecular flexibility index (Phi) is 4.45. The van der Waals surface area contributed by atoms with Gasteiger partial charge in [0.2, 0.25) is 5.91 Å². The highest BCUT2D eigenvalue weighted by Crippen LogP contribution is 2.31. The van der Waals surface area contributed by atoms with Gasteiger partial charge in [-0.25, -0.2) is 14.8 Å². The van der Waals surface area contributed by atoms with Gasteiger partial charge in [0.25, 0.3) is 0 Å². The highest BCUT2D eigenvalue weighted by molar-refractivity contribution is 5.95. The summed E-state index contributed by atoms with van der Waals surface area (Å²) in [7, 11) is 0. The summed E-state index contributed by atoms with van der Waals surface area (Å²) in [5.74, 6) is 0.620. The van der Waals surface area contributed by atoms with E-state index in [1.165, 1.54) is 6.20 Å². The molecular weight excluding hydrogens is 296 g/mol. The summed E-state index contributed by atoms with van der Waals surface area (Å²) in [4.78, 5) is 34.9. The van der Waals surface area contributed by atoms with Gasteiger partial charge < -0.3 is 15.0 Å². The summed E-state index contributed by atoms with van der Waals surface area (Å²) in [5.41, 5.74) is 0.330. The number of nitrogens with zero attached hydrogens (tertiary/aromatic N) is 3. The molecule has 0 spiro atoms. The van der Waals surface area contributed by atoms with Gasteiger partial charge in [0.15, 0.2) is 0 Å². The third kappa shape index (κ3) is 3.13. The molecule has 1 aliphatic heterocycles. The molecule has 1 amide bonds. The molecule has 3 rings (SSSR count). The Morgan fingerprint density at radius 3 is 3.00 bits per heavy atom. The fraction of sp³-hybridized carbons (Fsp3) is 0.625. The van der Waals surface area contributed by atoms with Crippen LogP contribution in [0.5, 0.6) is 0 Å². The number of ether oxygens (including phenoxy) is 1. The van der Waals surface area contributed by atoms with E-state index >= 15 is 0 Å². The molecule has 0 bridgehead atoms. The highest BCUT2D eigenvalue weighted by Gasteiger charge is 2.38. The van der Waals surface area contributed by atoms with Crippen LogP contribution in [0.15, 0.2) is 6.20 Å². The zero-order valence-corrected chi connectivity index (χ0v) is 13.5. The van der Waals surface area contributed by atoms with Crippen LogP contribution < -0.4 is 10.2 Å². The fourth-order valence-corrected chi connectivity index (χ4v) is 3.44. The summed E-state index contributed by atoms with van der Waals surface area (Å²) in [5, 5.41) is 3.07. The van der Waals surface area contributed by atoms with Gasteiger partial charge in [-0.05, 0) is 26.7 Å². The quantitative estimate of drug-likeness (QED) is 0.843. The summed E-state index contributed by atoms with van der Waals surface area (Å²) >= 11 is 0. The lowest BCUT2D eigenvalue weighted by Crippen LogP contribution is -2.62. The first-order valence-electron chi connectivity index (χ1n) is 8.17. The van der Waals surface area contributed by atoms with E-state index in [0.717, 1.165) is 25.7 Å². The van der Waals surface area contributed by atoms with E-state index in [0.29, 0.717) is 23.8 Å². The Morgan fingerprint density at radius 1 is 1.43 bits per heavy atom. The first kappa shape index (κ1) is 15.7. The fourth-order valence-electron chi connectivity index (χ4n) is 3.44. The molecule has 2 heterocycles. The van der Waals surface area contributed by atoms with E-state index < -0.39 is 5.97 Å². The molecule has 0 aromatic carbocycles. The largest absolute Gasteiger partial charge is 0.462 e. The Morgan fingerprint density at radius 2 is 2.22 bits per heavy atom. The number of hydrogen-bond acceptors (Lipinski definition) is 6. The first-order valence-corrected chi connectivity index (χ1v) is 8.17. The minimum absolute atomic E-state index is 0.0285. The first-order chi connectivity index (χ1) is 11.1. The second-order valence-corrected chi connectivity index (χ2v) is 6.03. The SMILES string of the molecule is CCOC(=O)c1cnc(C)nc1N1CC(=O)N[C@@H]2CCCC[C@H]21. The molecule has 1 N–H and O–H groups in total. The predicted octanol–water partition coefficient (Wildman–Crippen LogP) is 1.21. The van der Waals surface area contributed by atoms with Crippen LogP contribution in [0, 0.1) is 6.92 Å². The van der Waals surface area contributed by atoms with Crippen LogP contribution >= 0.6 is 0 Å². The predicted molar refractivity (Wildman–Crippen MR) is 84.3 cm³/mol. The number of amides is 1. The molecule has 1 saturated heterocycles. The number of carbonyl (C=O) groups excluding carboxylic acids is 2. The molecule has 0 unspecified atom stereocenters. The Bertz CT molecular complexity index is 619. The van der Waals surface area contributed by atoms with E-state index in [-0.39, 0.29) is 24.5 Å². The molecule has 1 aromatic rings. The average Bonchev–Trinajstić information content (AvgIpc) is 2.54. The van der Waals surface area contributed by atoms with Crippen molar-refractivity contribution in [2.24, 2.45) is 0 Å². The van der Waals surface area contributed by atoms with E-state index in [1.807, 2.05) is 4.90 Å². The molecule has 7 nitrogen and oxygen atoms in total. The molecule has 1 aromatic heterocycles. The van der Waals surface area contributed by atoms with Gasteiger partial charge in [-0.15, -0.1) is 0 Å². The molecule has 1 saturated carbocycles. The maximum absolute atomic E-state index is 12.2. The maximum atomic E-state index is 12.2. The van der Waals surface area contributed by atoms with Crippen molar-refractivity contribution in [2.75, 3.05) is 18.1 Å². The molecule has 2 atom stereocenters. The lowest BCUT2D eigenvalue weighted by Gasteiger charge is -2.44. The van der Waals surface area contributed by atoms with Crippen LogP contribution in [0.25, 0.3) is 0 Å². The van der Waals surface area contributed by atoms with E-state index in [4.69, 9.17) is 4.74 Å². The van der Waals surface area contributed by atoms with E-state index in [1.54, 1.807) is 13.8 Å². The smallest absolute Gasteiger partial charge is 0.343 e. The normalized spacial score (nSPS) is 23.9. The van der Waals surface area contributed by atoms with Gasteiger partial charge in [-0.1, -0.05) is 12.8 Å². The van der Waals surface area contributed by atoms with Gasteiger partial charge in [-0.3, -0.25) is 4.79 Å². The van der Waals surface area contributed by atoms with Crippen LogP contribution in [-0.4, -0.2) is 47.1 Å². The third-order valence-corrected chi connectivity index (χ3v) is 4.45. The topological polar surface area (TPSA) is 84.4 Å². The minimum Gasteiger partial charge on any atom is -0.462 e. The number of carbonyl (C=O) groups is 2. The molecule has 1 aliphatic carbocycles. The Hall–Kier alpha value is -2.18. The van der Waals surface area contributed by atoms with Crippen LogP contribution in [-0.2, 0) is 9.53 Å². The number of hydrogen-bond donors (Lipinski definition) is 1. The number of rotatable bonds is 3. The summed E-state index contributed by atoms with van der Waals surface area (Å²) in [6.07, 6.45) is 5.68. The van der Waals surface area contributed by atoms with Crippen molar-refractivity contribution in [3.05, 3.63) is 17.6 Å². The Labute approximate surface area is 135 Å². The summed E-state index contributed by atoms with van der Waals surface area (Å²) < 4.78 is 5.12. The van der Waals surface area contributed by atoms with Gasteiger partial charge in [0.05, 0.1) is 19.2 Å². The molecule has 23 heavy (non-hydrogen) atoms. The standard InChI is InChI=1S/C16H22N4O3/c1-3-23-16(22)11-8-17-10(2)18-15(11)20-9-14(21)19-12-6-4-5-7-13(12)20/h8,12-13H,3-7,9H2,1-2H3,(H,19,21)/t12-,13-/m1/s1. The van der Waals surface area contributed by atoms with Crippen molar-refractivity contribution in [1.29, 1.82) is 0 Å². The van der Waals surface area contributed by atoms with Crippen molar-refractivity contribution in [2.45, 2.75) is 51.6 Å². The van der Waals surface area contributed by atoms with E-state index in [2.05, 4.69) is 15.3 Å². The number of esters is 1. The van der Waals surface area contributed by atoms with Crippen molar-refractivity contribution < 1.29 is 14.3 Å². The van der Waals surface area contributed by atoms with Crippen LogP contribution in [0.3, 0.4) is 0 Å². The zero-order chi connectivity index (χ0) is 16.4. The number of aromatic nitrogens is 2. The third-order valence-electron chi connectivity index (χ3n) is 4.45. The van der Waals surface area contributed by atoms with Crippen molar-refractivity contribution in [3.63, 3.8) is 0 Å². The number of fused-ring (bicyclic) bond motifs is 1. The second kappa shape index (κ2) is 6.52. The highest BCUT2D eigenvalue weighted by atomic mass is 16.5. The van der Waals surface area contributed by atoms with Crippen molar-refractivity contribution in [1.82, 2.24) is 15.3 Å². The van der Waals surface area contributed by atoms with Crippen LogP contribution in [0.2, 0.25) is 0 Å². The number of piperazine rings is 1. The number of anilines is 1. The van der Waals surface area contributed by atoms with Crippen LogP contribution in [0.4, 0.5) is 5.82 Å². The second-order valence-electron chi connectivity index (χ2n) is 6.03. The summed E-state index contributed by atoms with van der Waals surface area (Å²) in [6.45, 7) is 4.04. The summed E-state index contributed by atoms with van der Waals surface area (Å²) in [6, 6.07) is 0.291. The molecule has 124 valence electrons. The molecule has 7 heteroatoms. The Balaban J connectivity index is 1.99. The van der Waals surface area contributed by atoms with Crippen molar-refractivity contribution >= 4 is 17.7 Å². The van der Waals surface area contributed by atoms with Crippen LogP contribution in [0.1, 0.15) is 48.8 Å². The number of nitrogens with one attached hydrogen (secondary N) is 1. The van der Waals surface area contributed by atoms with Gasteiger partial charge in [0.1, 0.15) is 17.2 Å². The maximum Gasteiger partial charge on any atom is 0.343 e. The van der Waals surface area contributed by atoms with E-state index in [9.17, 15) is 9.59 Å². The van der Waals surface area contributed by atoms with Gasteiger partial charge in [0, 0.05) is 12.2 Å². The molecule has 2 aliphatic rings. The average molecular weight is 318 g/mol. The molecule has 2 fully saturated rings. The van der Waals surface area contributed by atoms with Gasteiger partial charge in [-0.2, -0.15) is 0 Å². The lowest BCUT2D eigenvalue weighted by atomic mass is 9.87. The van der Waals surface area contributed by atoms with Gasteiger partial charge >= 0.3 is 5.97 Å². The minimum atomic E-state index is -0.444. The molecular formula is C16H22N4O3. The molecule has 0 radical (unpaired) electrons. The number of aryl methyl sites for hydroxylation is 1. The lowest BCUT2D eigenvalue weighted by molar-refractivity contribution is -0.122. The monoisotopic (exact) mass is 318 g/mol.